The fourth-order valence-electron chi connectivity index (χ4n) is 7.34. The molecule has 34 heavy (non-hydrogen) atoms. The van der Waals surface area contributed by atoms with Crippen molar-refractivity contribution in [2.24, 2.45) is 34.0 Å². The minimum absolute atomic E-state index is 0.0739. The maximum absolute atomic E-state index is 13.8. The van der Waals surface area contributed by atoms with Crippen LogP contribution in [0.1, 0.15) is 113 Å². The average molecular weight is 479 g/mol. The van der Waals surface area contributed by atoms with E-state index in [9.17, 15) is 19.5 Å². The normalized spacial score (nSPS) is 31.9. The van der Waals surface area contributed by atoms with Gasteiger partial charge < -0.3 is 14.6 Å². The van der Waals surface area contributed by atoms with E-state index in [1.807, 2.05) is 13.8 Å². The third-order valence-corrected chi connectivity index (χ3v) is 8.65. The fourth-order valence-corrected chi connectivity index (χ4v) is 7.34. The highest BCUT2D eigenvalue weighted by molar-refractivity contribution is 5.82. The molecule has 4 aliphatic carbocycles. The number of hydrogen-bond acceptors (Lipinski definition) is 5. The first-order valence-corrected chi connectivity index (χ1v) is 13.1. The van der Waals surface area contributed by atoms with Crippen LogP contribution >= 0.6 is 0 Å². The smallest absolute Gasteiger partial charge is 0.312 e. The van der Waals surface area contributed by atoms with Crippen LogP contribution in [0.3, 0.4) is 0 Å². The summed E-state index contributed by atoms with van der Waals surface area (Å²) >= 11 is 0. The molecule has 2 atom stereocenters. The van der Waals surface area contributed by atoms with E-state index in [-0.39, 0.29) is 24.4 Å². The zero-order valence-corrected chi connectivity index (χ0v) is 22.6. The molecule has 2 unspecified atom stereocenters. The van der Waals surface area contributed by atoms with E-state index >= 15 is 0 Å². The summed E-state index contributed by atoms with van der Waals surface area (Å²) in [5.41, 5.74) is -4.28. The van der Waals surface area contributed by atoms with Crippen LogP contribution in [0.15, 0.2) is 0 Å². The molecule has 0 aromatic carbocycles. The lowest BCUT2D eigenvalue weighted by atomic mass is 9.54. The second kappa shape index (κ2) is 8.81. The van der Waals surface area contributed by atoms with Gasteiger partial charge in [0.2, 0.25) is 0 Å². The third kappa shape index (κ3) is 5.62. The van der Waals surface area contributed by atoms with Gasteiger partial charge >= 0.3 is 17.9 Å². The van der Waals surface area contributed by atoms with E-state index < -0.39 is 33.8 Å². The highest BCUT2D eigenvalue weighted by Gasteiger charge is 2.56. The summed E-state index contributed by atoms with van der Waals surface area (Å²) in [6.45, 7) is 14.2. The molecular formula is C28H46O6. The number of ether oxygens (including phenoxy) is 2. The van der Waals surface area contributed by atoms with Crippen molar-refractivity contribution >= 4 is 17.9 Å². The van der Waals surface area contributed by atoms with Crippen molar-refractivity contribution in [1.82, 2.24) is 0 Å². The molecular weight excluding hydrogens is 432 g/mol. The molecule has 0 amide bonds. The van der Waals surface area contributed by atoms with E-state index in [1.165, 1.54) is 19.3 Å². The molecule has 6 heteroatoms. The summed E-state index contributed by atoms with van der Waals surface area (Å²) in [4.78, 5) is 39.2. The Hall–Kier alpha value is -1.59. The van der Waals surface area contributed by atoms with Crippen LogP contribution in [0.25, 0.3) is 0 Å². The van der Waals surface area contributed by atoms with E-state index in [1.54, 1.807) is 41.5 Å². The first kappa shape index (κ1) is 27.0. The zero-order valence-electron chi connectivity index (χ0n) is 22.6. The lowest BCUT2D eigenvalue weighted by Gasteiger charge is -2.56. The van der Waals surface area contributed by atoms with Gasteiger partial charge in [-0.25, -0.2) is 0 Å². The molecule has 0 heterocycles. The maximum atomic E-state index is 13.8. The van der Waals surface area contributed by atoms with Gasteiger partial charge in [-0.05, 0) is 124 Å². The SMILES string of the molecule is CCC(C)(CC(C)(CC(C)(C)C(=O)O)C(=O)OC(C)(C)C)C(=O)OC12CC3CC(CC(C3)C1)C2. The molecule has 4 saturated carbocycles. The van der Waals surface area contributed by atoms with Crippen LogP contribution in [0.2, 0.25) is 0 Å². The topological polar surface area (TPSA) is 89.9 Å². The second-order valence-corrected chi connectivity index (χ2v) is 14.0. The molecule has 0 aromatic heterocycles. The van der Waals surface area contributed by atoms with Gasteiger partial charge in [-0.3, -0.25) is 14.4 Å². The third-order valence-electron chi connectivity index (χ3n) is 8.65. The van der Waals surface area contributed by atoms with Gasteiger partial charge in [0, 0.05) is 0 Å². The second-order valence-electron chi connectivity index (χ2n) is 14.0. The number of carbonyl (C=O) groups is 3. The van der Waals surface area contributed by atoms with Crippen LogP contribution in [0, 0.1) is 34.0 Å². The first-order chi connectivity index (χ1) is 15.4. The van der Waals surface area contributed by atoms with E-state index in [4.69, 9.17) is 9.47 Å². The fraction of sp³-hybridized carbons (Fsp3) is 0.893. The van der Waals surface area contributed by atoms with Gasteiger partial charge in [-0.2, -0.15) is 0 Å². The Morgan fingerprint density at radius 1 is 0.794 bits per heavy atom. The van der Waals surface area contributed by atoms with Gasteiger partial charge in [-0.1, -0.05) is 6.92 Å². The highest BCUT2D eigenvalue weighted by Crippen LogP contribution is 2.58. The largest absolute Gasteiger partial charge is 0.481 e. The summed E-state index contributed by atoms with van der Waals surface area (Å²) < 4.78 is 12.2. The number of aliphatic carboxylic acids is 1. The van der Waals surface area contributed by atoms with Crippen molar-refractivity contribution in [1.29, 1.82) is 0 Å². The Bertz CT molecular complexity index is 786. The van der Waals surface area contributed by atoms with Gasteiger partial charge in [-0.15, -0.1) is 0 Å². The Kier molecular flexibility index (Phi) is 7.00. The van der Waals surface area contributed by atoms with Crippen molar-refractivity contribution in [2.75, 3.05) is 0 Å². The highest BCUT2D eigenvalue weighted by atomic mass is 16.6. The maximum Gasteiger partial charge on any atom is 0.312 e. The minimum Gasteiger partial charge on any atom is -0.481 e. The molecule has 6 nitrogen and oxygen atoms in total. The van der Waals surface area contributed by atoms with Crippen LogP contribution in [0.5, 0.6) is 0 Å². The summed E-state index contributed by atoms with van der Waals surface area (Å²) in [5, 5.41) is 9.78. The lowest BCUT2D eigenvalue weighted by Crippen LogP contribution is -2.54. The molecule has 0 radical (unpaired) electrons. The molecule has 0 saturated heterocycles. The average Bonchev–Trinajstić information content (AvgIpc) is 2.64. The molecule has 0 aromatic rings. The molecule has 0 aliphatic heterocycles. The number of carboxylic acid groups (broad SMARTS) is 1. The Balaban J connectivity index is 1.85. The van der Waals surface area contributed by atoms with Crippen LogP contribution in [-0.2, 0) is 23.9 Å². The number of rotatable bonds is 9. The molecule has 4 fully saturated rings. The first-order valence-electron chi connectivity index (χ1n) is 13.1. The van der Waals surface area contributed by atoms with Crippen molar-refractivity contribution in [3.05, 3.63) is 0 Å². The number of esters is 2. The van der Waals surface area contributed by atoms with E-state index in [0.717, 1.165) is 19.3 Å². The molecule has 4 bridgehead atoms. The lowest BCUT2D eigenvalue weighted by molar-refractivity contribution is -0.200. The molecule has 1 N–H and O–H groups in total. The number of hydrogen-bond donors (Lipinski definition) is 1. The van der Waals surface area contributed by atoms with Gasteiger partial charge in [0.25, 0.3) is 0 Å². The quantitative estimate of drug-likeness (QED) is 0.400. The Morgan fingerprint density at radius 2 is 1.26 bits per heavy atom. The van der Waals surface area contributed by atoms with E-state index in [0.29, 0.717) is 24.2 Å². The zero-order chi connectivity index (χ0) is 25.7. The van der Waals surface area contributed by atoms with Crippen molar-refractivity contribution in [3.63, 3.8) is 0 Å². The molecule has 194 valence electrons. The van der Waals surface area contributed by atoms with Gasteiger partial charge in [0.05, 0.1) is 16.2 Å². The molecule has 4 rings (SSSR count). The monoisotopic (exact) mass is 478 g/mol. The van der Waals surface area contributed by atoms with Gasteiger partial charge in [0.1, 0.15) is 11.2 Å². The number of carbonyl (C=O) groups excluding carboxylic acids is 2. The van der Waals surface area contributed by atoms with E-state index in [2.05, 4.69) is 0 Å². The Labute approximate surface area is 205 Å². The van der Waals surface area contributed by atoms with Crippen molar-refractivity contribution in [2.45, 2.75) is 124 Å². The van der Waals surface area contributed by atoms with Crippen LogP contribution < -0.4 is 0 Å². The molecule has 4 aliphatic rings. The van der Waals surface area contributed by atoms with Crippen LogP contribution in [-0.4, -0.2) is 34.2 Å². The summed E-state index contributed by atoms with van der Waals surface area (Å²) in [6.07, 6.45) is 7.44. The van der Waals surface area contributed by atoms with Crippen molar-refractivity contribution in [3.8, 4) is 0 Å². The molecule has 0 spiro atoms. The summed E-state index contributed by atoms with van der Waals surface area (Å²) in [7, 11) is 0. The standard InChI is InChI=1S/C28H46O6/c1-9-26(7,22(31)34-28-13-18-10-19(14-28)12-20(11-18)15-28)17-27(8,16-25(5,6)21(29)30)23(32)33-24(2,3)4/h18-20H,9-17H2,1-8H3,(H,29,30). The Morgan fingerprint density at radius 3 is 1.65 bits per heavy atom. The summed E-state index contributed by atoms with van der Waals surface area (Å²) in [5.74, 6) is 0.300. The predicted octanol–water partition coefficient (Wildman–Crippen LogP) is 6.15. The summed E-state index contributed by atoms with van der Waals surface area (Å²) in [6, 6.07) is 0. The van der Waals surface area contributed by atoms with Crippen molar-refractivity contribution < 1.29 is 29.0 Å². The minimum atomic E-state index is -1.15. The van der Waals surface area contributed by atoms with Gasteiger partial charge in [0.15, 0.2) is 0 Å². The predicted molar refractivity (Wildman–Crippen MR) is 130 cm³/mol. The number of carboxylic acids is 1. The van der Waals surface area contributed by atoms with Crippen LogP contribution in [0.4, 0.5) is 0 Å².